The number of anilines is 2. The third kappa shape index (κ3) is 4.46. The van der Waals surface area contributed by atoms with Gasteiger partial charge in [-0.1, -0.05) is 39.7 Å². The van der Waals surface area contributed by atoms with Gasteiger partial charge in [-0.25, -0.2) is 0 Å². The lowest BCUT2D eigenvalue weighted by atomic mass is 10.2. The Morgan fingerprint density at radius 3 is 2.71 bits per heavy atom. The molecule has 0 heterocycles. The number of nitrogens with zero attached hydrogens (tertiary/aromatic N) is 2. The number of hydrogen-bond acceptors (Lipinski definition) is 4. The number of rotatable bonds is 6. The minimum absolute atomic E-state index is 0.0192. The quantitative estimate of drug-likeness (QED) is 0.561. The molecule has 0 bridgehead atoms. The number of nitro groups is 1. The van der Waals surface area contributed by atoms with Gasteiger partial charge >= 0.3 is 0 Å². The van der Waals surface area contributed by atoms with Crippen LogP contribution in [0.3, 0.4) is 0 Å². The Labute approximate surface area is 152 Å². The van der Waals surface area contributed by atoms with Crippen LogP contribution in [0.2, 0.25) is 5.02 Å². The molecule has 1 N–H and O–H groups in total. The second kappa shape index (κ2) is 8.12. The van der Waals surface area contributed by atoms with Crippen LogP contribution in [0.5, 0.6) is 0 Å². The highest BCUT2D eigenvalue weighted by atomic mass is 79.9. The Morgan fingerprint density at radius 2 is 2.04 bits per heavy atom. The van der Waals surface area contributed by atoms with Gasteiger partial charge in [0.15, 0.2) is 0 Å². The molecule has 0 fully saturated rings. The summed E-state index contributed by atoms with van der Waals surface area (Å²) in [4.78, 5) is 24.2. The summed E-state index contributed by atoms with van der Waals surface area (Å²) in [7, 11) is 1.64. The number of carbonyl (C=O) groups excluding carboxylic acids is 1. The molecule has 2 aromatic carbocycles. The summed E-state index contributed by atoms with van der Waals surface area (Å²) < 4.78 is 0.829. The van der Waals surface area contributed by atoms with Crippen LogP contribution < -0.4 is 10.2 Å². The molecular formula is C16H15BrClN3O3. The number of hydrogen-bond donors (Lipinski definition) is 1. The number of amides is 1. The maximum atomic E-state index is 12.3. The molecule has 0 aromatic heterocycles. The second-order valence-electron chi connectivity index (χ2n) is 5.00. The number of halogens is 2. The molecule has 0 saturated carbocycles. The van der Waals surface area contributed by atoms with Gasteiger partial charge in [-0.2, -0.15) is 0 Å². The van der Waals surface area contributed by atoms with Crippen LogP contribution in [0, 0.1) is 10.1 Å². The first-order chi connectivity index (χ1) is 11.4. The molecule has 126 valence electrons. The van der Waals surface area contributed by atoms with Gasteiger partial charge in [0.2, 0.25) is 5.91 Å². The molecule has 1 amide bonds. The van der Waals surface area contributed by atoms with Crippen LogP contribution in [0.1, 0.15) is 6.42 Å². The van der Waals surface area contributed by atoms with Gasteiger partial charge in [-0.05, 0) is 24.3 Å². The van der Waals surface area contributed by atoms with Crippen LogP contribution in [-0.4, -0.2) is 24.4 Å². The molecule has 0 aliphatic heterocycles. The maximum absolute atomic E-state index is 12.3. The lowest BCUT2D eigenvalue weighted by Gasteiger charge is -2.19. The van der Waals surface area contributed by atoms with Crippen molar-refractivity contribution in [3.8, 4) is 0 Å². The van der Waals surface area contributed by atoms with Crippen molar-refractivity contribution in [3.63, 3.8) is 0 Å². The summed E-state index contributed by atoms with van der Waals surface area (Å²) in [5.41, 5.74) is 0.976. The van der Waals surface area contributed by atoms with Crippen molar-refractivity contribution in [1.82, 2.24) is 0 Å². The Balaban J connectivity index is 1.97. The number of carbonyl (C=O) groups is 1. The van der Waals surface area contributed by atoms with Crippen LogP contribution in [-0.2, 0) is 4.79 Å². The van der Waals surface area contributed by atoms with E-state index in [2.05, 4.69) is 21.2 Å². The van der Waals surface area contributed by atoms with E-state index >= 15 is 0 Å². The van der Waals surface area contributed by atoms with Crippen LogP contribution in [0.4, 0.5) is 17.1 Å². The maximum Gasteiger partial charge on any atom is 0.292 e. The zero-order valence-corrected chi connectivity index (χ0v) is 15.2. The third-order valence-electron chi connectivity index (χ3n) is 3.40. The van der Waals surface area contributed by atoms with Gasteiger partial charge in [-0.3, -0.25) is 14.9 Å². The number of benzene rings is 2. The van der Waals surface area contributed by atoms with E-state index in [1.54, 1.807) is 43.4 Å². The first kappa shape index (κ1) is 18.2. The Kier molecular flexibility index (Phi) is 6.16. The van der Waals surface area contributed by atoms with Crippen molar-refractivity contribution in [1.29, 1.82) is 0 Å². The molecule has 24 heavy (non-hydrogen) atoms. The van der Waals surface area contributed by atoms with E-state index in [1.165, 1.54) is 11.0 Å². The van der Waals surface area contributed by atoms with Crippen LogP contribution in [0.25, 0.3) is 0 Å². The van der Waals surface area contributed by atoms with Gasteiger partial charge in [0, 0.05) is 30.6 Å². The van der Waals surface area contributed by atoms with E-state index in [-0.39, 0.29) is 24.6 Å². The molecule has 0 unspecified atom stereocenters. The van der Waals surface area contributed by atoms with Crippen molar-refractivity contribution in [2.45, 2.75) is 6.42 Å². The van der Waals surface area contributed by atoms with Crippen molar-refractivity contribution in [2.75, 3.05) is 23.8 Å². The first-order valence-corrected chi connectivity index (χ1v) is 8.26. The standard InChI is InChI=1S/C16H15BrClN3O3/c1-20(14-7-6-11(17)10-12(14)18)16(22)8-9-19-13-4-2-3-5-15(13)21(23)24/h2-7,10,19H,8-9H2,1H3. The fraction of sp³-hybridized carbons (Fsp3) is 0.188. The highest BCUT2D eigenvalue weighted by Gasteiger charge is 2.15. The summed E-state index contributed by atoms with van der Waals surface area (Å²) in [5.74, 6) is -0.148. The number of nitro benzene ring substituents is 1. The van der Waals surface area contributed by atoms with Gasteiger partial charge < -0.3 is 10.2 Å². The molecule has 2 rings (SSSR count). The summed E-state index contributed by atoms with van der Waals surface area (Å²) in [6, 6.07) is 11.6. The highest BCUT2D eigenvalue weighted by molar-refractivity contribution is 9.10. The Hall–Kier alpha value is -2.12. The smallest absolute Gasteiger partial charge is 0.292 e. The molecule has 0 aliphatic carbocycles. The monoisotopic (exact) mass is 411 g/mol. The molecule has 0 atom stereocenters. The van der Waals surface area contributed by atoms with E-state index in [9.17, 15) is 14.9 Å². The molecule has 6 nitrogen and oxygen atoms in total. The SMILES string of the molecule is CN(C(=O)CCNc1ccccc1[N+](=O)[O-])c1ccc(Br)cc1Cl. The van der Waals surface area contributed by atoms with Crippen molar-refractivity contribution in [3.05, 3.63) is 62.1 Å². The zero-order chi connectivity index (χ0) is 17.7. The molecule has 8 heteroatoms. The van der Waals surface area contributed by atoms with E-state index < -0.39 is 4.92 Å². The highest BCUT2D eigenvalue weighted by Crippen LogP contribution is 2.28. The van der Waals surface area contributed by atoms with Gasteiger partial charge in [0.1, 0.15) is 5.69 Å². The average Bonchev–Trinajstić information content (AvgIpc) is 2.54. The van der Waals surface area contributed by atoms with E-state index in [1.807, 2.05) is 0 Å². The van der Waals surface area contributed by atoms with Crippen molar-refractivity contribution >= 4 is 50.5 Å². The largest absolute Gasteiger partial charge is 0.379 e. The Morgan fingerprint density at radius 1 is 1.33 bits per heavy atom. The molecule has 2 aromatic rings. The minimum Gasteiger partial charge on any atom is -0.379 e. The van der Waals surface area contributed by atoms with Crippen LogP contribution >= 0.6 is 27.5 Å². The van der Waals surface area contributed by atoms with Gasteiger partial charge in [0.05, 0.1) is 15.6 Å². The summed E-state index contributed by atoms with van der Waals surface area (Å²) >= 11 is 9.46. The average molecular weight is 413 g/mol. The molecule has 0 spiro atoms. The summed E-state index contributed by atoms with van der Waals surface area (Å²) in [6.45, 7) is 0.280. The van der Waals surface area contributed by atoms with Crippen LogP contribution in [0.15, 0.2) is 46.9 Å². The van der Waals surface area contributed by atoms with Gasteiger partial charge in [-0.15, -0.1) is 0 Å². The third-order valence-corrected chi connectivity index (χ3v) is 4.20. The zero-order valence-electron chi connectivity index (χ0n) is 12.8. The molecule has 0 aliphatic rings. The fourth-order valence-corrected chi connectivity index (χ4v) is 2.94. The van der Waals surface area contributed by atoms with Gasteiger partial charge in [0.25, 0.3) is 5.69 Å². The molecular weight excluding hydrogens is 398 g/mol. The second-order valence-corrected chi connectivity index (χ2v) is 6.32. The first-order valence-electron chi connectivity index (χ1n) is 7.09. The minimum atomic E-state index is -0.460. The normalized spacial score (nSPS) is 10.3. The number of nitrogens with one attached hydrogen (secondary N) is 1. The van der Waals surface area contributed by atoms with E-state index in [0.717, 1.165) is 4.47 Å². The molecule has 0 saturated heterocycles. The number of para-hydroxylation sites is 2. The molecule has 0 radical (unpaired) electrons. The lowest BCUT2D eigenvalue weighted by Crippen LogP contribution is -2.28. The lowest BCUT2D eigenvalue weighted by molar-refractivity contribution is -0.384. The fourth-order valence-electron chi connectivity index (χ4n) is 2.14. The summed E-state index contributed by atoms with van der Waals surface area (Å²) in [6.07, 6.45) is 0.176. The topological polar surface area (TPSA) is 75.5 Å². The van der Waals surface area contributed by atoms with E-state index in [0.29, 0.717) is 16.4 Å². The predicted octanol–water partition coefficient (Wildman–Crippen LogP) is 4.48. The van der Waals surface area contributed by atoms with E-state index in [4.69, 9.17) is 11.6 Å². The Bertz CT molecular complexity index is 770. The summed E-state index contributed by atoms with van der Waals surface area (Å²) in [5, 5.41) is 14.3. The van der Waals surface area contributed by atoms with Crippen molar-refractivity contribution < 1.29 is 9.72 Å². The predicted molar refractivity (Wildman–Crippen MR) is 98.8 cm³/mol. The van der Waals surface area contributed by atoms with Crippen molar-refractivity contribution in [2.24, 2.45) is 0 Å².